The highest BCUT2D eigenvalue weighted by atomic mass is 35.5. The van der Waals surface area contributed by atoms with Gasteiger partial charge in [-0.15, -0.1) is 0 Å². The Bertz CT molecular complexity index is 1080. The molecule has 3 rings (SSSR count). The van der Waals surface area contributed by atoms with E-state index in [0.717, 1.165) is 5.69 Å². The Labute approximate surface area is 168 Å². The molecule has 0 saturated heterocycles. The summed E-state index contributed by atoms with van der Waals surface area (Å²) in [5.41, 5.74) is 1.81. The van der Waals surface area contributed by atoms with E-state index in [2.05, 4.69) is 15.1 Å². The van der Waals surface area contributed by atoms with Gasteiger partial charge >= 0.3 is 0 Å². The molecule has 3 aromatic rings. The fourth-order valence-corrected chi connectivity index (χ4v) is 3.88. The third-order valence-corrected chi connectivity index (χ3v) is 5.78. The molecule has 0 aliphatic rings. The number of aromatic nitrogens is 2. The second-order valence-corrected chi connectivity index (χ2v) is 8.21. The summed E-state index contributed by atoms with van der Waals surface area (Å²) in [7, 11) is -3.60. The van der Waals surface area contributed by atoms with Gasteiger partial charge < -0.3 is 5.32 Å². The van der Waals surface area contributed by atoms with E-state index in [9.17, 15) is 13.2 Å². The summed E-state index contributed by atoms with van der Waals surface area (Å²) in [4.78, 5) is 12.6. The minimum Gasteiger partial charge on any atom is -0.351 e. The number of carbonyl (C=O) groups excluding carboxylic acids is 1. The van der Waals surface area contributed by atoms with Gasteiger partial charge in [0.25, 0.3) is 5.91 Å². The smallest absolute Gasteiger partial charge is 0.254 e. The molecule has 0 spiro atoms. The highest BCUT2D eigenvalue weighted by molar-refractivity contribution is 7.89. The van der Waals surface area contributed by atoms with Gasteiger partial charge in [-0.3, -0.25) is 4.79 Å². The molecule has 0 aliphatic heterocycles. The zero-order chi connectivity index (χ0) is 20.1. The van der Waals surface area contributed by atoms with Crippen molar-refractivity contribution in [2.75, 3.05) is 13.1 Å². The third kappa shape index (κ3) is 4.59. The van der Waals surface area contributed by atoms with Crippen LogP contribution in [0, 0.1) is 6.92 Å². The van der Waals surface area contributed by atoms with E-state index in [-0.39, 0.29) is 23.9 Å². The second-order valence-electron chi connectivity index (χ2n) is 6.00. The lowest BCUT2D eigenvalue weighted by Gasteiger charge is -2.08. The van der Waals surface area contributed by atoms with Crippen LogP contribution in [0.25, 0.3) is 5.69 Å². The number of hydrogen-bond donors (Lipinski definition) is 2. The Balaban J connectivity index is 1.59. The lowest BCUT2D eigenvalue weighted by molar-refractivity contribution is 0.0953. The first kappa shape index (κ1) is 20.1. The van der Waals surface area contributed by atoms with Gasteiger partial charge in [-0.1, -0.05) is 35.9 Å². The molecule has 2 N–H and O–H groups in total. The Kier molecular flexibility index (Phi) is 6.13. The molecule has 0 bridgehead atoms. The Hall–Kier alpha value is -2.68. The molecule has 7 nitrogen and oxygen atoms in total. The van der Waals surface area contributed by atoms with Gasteiger partial charge in [-0.2, -0.15) is 5.10 Å². The molecule has 9 heteroatoms. The lowest BCUT2D eigenvalue weighted by Crippen LogP contribution is -2.34. The molecule has 0 aliphatic carbocycles. The Morgan fingerprint density at radius 3 is 2.57 bits per heavy atom. The van der Waals surface area contributed by atoms with E-state index in [1.807, 2.05) is 6.07 Å². The molecule has 0 saturated carbocycles. The van der Waals surface area contributed by atoms with Gasteiger partial charge in [-0.05, 0) is 37.3 Å². The number of halogens is 1. The van der Waals surface area contributed by atoms with E-state index in [1.54, 1.807) is 48.0 Å². The zero-order valence-corrected chi connectivity index (χ0v) is 16.7. The molecular weight excluding hydrogens is 400 g/mol. The highest BCUT2D eigenvalue weighted by Gasteiger charge is 2.16. The number of carbonyl (C=O) groups is 1. The van der Waals surface area contributed by atoms with Crippen molar-refractivity contribution in [3.63, 3.8) is 0 Å². The zero-order valence-electron chi connectivity index (χ0n) is 15.1. The maximum atomic E-state index is 12.4. The van der Waals surface area contributed by atoms with Gasteiger partial charge in [0.2, 0.25) is 10.0 Å². The molecule has 1 heterocycles. The first-order valence-corrected chi connectivity index (χ1v) is 10.4. The Morgan fingerprint density at radius 2 is 1.86 bits per heavy atom. The fraction of sp³-hybridized carbons (Fsp3) is 0.158. The quantitative estimate of drug-likeness (QED) is 0.576. The average Bonchev–Trinajstić information content (AvgIpc) is 3.07. The van der Waals surface area contributed by atoms with Crippen LogP contribution >= 0.6 is 11.6 Å². The minimum absolute atomic E-state index is 0.0739. The molecule has 0 unspecified atom stereocenters. The second kappa shape index (κ2) is 8.55. The van der Waals surface area contributed by atoms with Crippen molar-refractivity contribution in [1.82, 2.24) is 19.8 Å². The number of nitrogens with zero attached hydrogens (tertiary/aromatic N) is 2. The minimum atomic E-state index is -3.60. The van der Waals surface area contributed by atoms with E-state index in [1.165, 1.54) is 18.3 Å². The molecule has 146 valence electrons. The number of hydrogen-bond acceptors (Lipinski definition) is 4. The summed E-state index contributed by atoms with van der Waals surface area (Å²) in [5.74, 6) is -0.329. The van der Waals surface area contributed by atoms with Crippen LogP contribution in [0.15, 0.2) is 65.7 Å². The van der Waals surface area contributed by atoms with E-state index < -0.39 is 10.0 Å². The monoisotopic (exact) mass is 418 g/mol. The number of sulfonamides is 1. The summed E-state index contributed by atoms with van der Waals surface area (Å²) in [6.45, 7) is 2.00. The van der Waals surface area contributed by atoms with Gasteiger partial charge in [0.1, 0.15) is 0 Å². The van der Waals surface area contributed by atoms with Crippen molar-refractivity contribution >= 4 is 27.5 Å². The van der Waals surface area contributed by atoms with Crippen LogP contribution in [-0.2, 0) is 10.0 Å². The largest absolute Gasteiger partial charge is 0.351 e. The Morgan fingerprint density at radius 1 is 1.11 bits per heavy atom. The average molecular weight is 419 g/mol. The van der Waals surface area contributed by atoms with Crippen LogP contribution in [0.1, 0.15) is 16.1 Å². The summed E-state index contributed by atoms with van der Waals surface area (Å²) >= 11 is 6.01. The molecule has 0 radical (unpaired) electrons. The first-order chi connectivity index (χ1) is 13.4. The maximum absolute atomic E-state index is 12.4. The van der Waals surface area contributed by atoms with Crippen LogP contribution in [0.2, 0.25) is 5.02 Å². The summed E-state index contributed by atoms with van der Waals surface area (Å²) < 4.78 is 28.4. The predicted molar refractivity (Wildman–Crippen MR) is 107 cm³/mol. The van der Waals surface area contributed by atoms with Gasteiger partial charge in [0.05, 0.1) is 28.0 Å². The molecule has 28 heavy (non-hydrogen) atoms. The maximum Gasteiger partial charge on any atom is 0.254 e. The van der Waals surface area contributed by atoms with Gasteiger partial charge in [-0.25, -0.2) is 17.8 Å². The van der Waals surface area contributed by atoms with Crippen molar-refractivity contribution < 1.29 is 13.2 Å². The van der Waals surface area contributed by atoms with E-state index in [0.29, 0.717) is 16.3 Å². The molecule has 1 amide bonds. The highest BCUT2D eigenvalue weighted by Crippen LogP contribution is 2.17. The van der Waals surface area contributed by atoms with E-state index >= 15 is 0 Å². The van der Waals surface area contributed by atoms with Crippen LogP contribution < -0.4 is 10.0 Å². The summed E-state index contributed by atoms with van der Waals surface area (Å²) in [5, 5.41) is 7.51. The SMILES string of the molecule is Cc1c(C(=O)NCCNS(=O)(=O)c2ccccc2)cnn1-c1cccc(Cl)c1. The molecule has 0 fully saturated rings. The number of rotatable bonds is 7. The molecule has 0 atom stereocenters. The van der Waals surface area contributed by atoms with Gasteiger partial charge in [0.15, 0.2) is 0 Å². The van der Waals surface area contributed by atoms with Crippen molar-refractivity contribution in [3.05, 3.63) is 77.1 Å². The predicted octanol–water partition coefficient (Wildman–Crippen LogP) is 2.54. The molecule has 2 aromatic carbocycles. The van der Waals surface area contributed by atoms with Crippen LogP contribution in [0.4, 0.5) is 0 Å². The third-order valence-electron chi connectivity index (χ3n) is 4.06. The van der Waals surface area contributed by atoms with Gasteiger partial charge in [0, 0.05) is 18.1 Å². The van der Waals surface area contributed by atoms with Crippen molar-refractivity contribution in [2.24, 2.45) is 0 Å². The summed E-state index contributed by atoms with van der Waals surface area (Å²) in [6, 6.07) is 15.2. The van der Waals surface area contributed by atoms with Crippen LogP contribution in [-0.4, -0.2) is 37.2 Å². The number of nitrogens with one attached hydrogen (secondary N) is 2. The van der Waals surface area contributed by atoms with E-state index in [4.69, 9.17) is 11.6 Å². The van der Waals surface area contributed by atoms with Crippen molar-refractivity contribution in [2.45, 2.75) is 11.8 Å². The topological polar surface area (TPSA) is 93.1 Å². The molecular formula is C19H19ClN4O3S. The molecule has 1 aromatic heterocycles. The van der Waals surface area contributed by atoms with Crippen molar-refractivity contribution in [3.8, 4) is 5.69 Å². The standard InChI is InChI=1S/C19H19ClN4O3S/c1-14-18(13-22-24(14)16-7-5-6-15(20)12-16)19(25)21-10-11-23-28(26,27)17-8-3-2-4-9-17/h2-9,12-13,23H,10-11H2,1H3,(H,21,25). The summed E-state index contributed by atoms with van der Waals surface area (Å²) in [6.07, 6.45) is 1.47. The number of benzene rings is 2. The number of amides is 1. The van der Waals surface area contributed by atoms with Crippen molar-refractivity contribution in [1.29, 1.82) is 0 Å². The lowest BCUT2D eigenvalue weighted by atomic mass is 10.2. The van der Waals surface area contributed by atoms with Crippen LogP contribution in [0.5, 0.6) is 0 Å². The first-order valence-electron chi connectivity index (χ1n) is 8.52. The van der Waals surface area contributed by atoms with Crippen LogP contribution in [0.3, 0.4) is 0 Å². The normalized spacial score (nSPS) is 11.4. The fourth-order valence-electron chi connectivity index (χ4n) is 2.64.